The maximum atomic E-state index is 12.8. The molecule has 0 rings (SSSR count). The number of rotatable bonds is 53. The van der Waals surface area contributed by atoms with Gasteiger partial charge >= 0.3 is 17.9 Å². The van der Waals surface area contributed by atoms with Crippen LogP contribution in [-0.4, -0.2) is 37.2 Å². The van der Waals surface area contributed by atoms with Crippen LogP contribution in [0.1, 0.15) is 258 Å². The van der Waals surface area contributed by atoms with E-state index >= 15 is 0 Å². The van der Waals surface area contributed by atoms with E-state index in [1.165, 1.54) is 51.4 Å². The van der Waals surface area contributed by atoms with Crippen LogP contribution in [0, 0.1) is 0 Å². The zero-order chi connectivity index (χ0) is 53.6. The van der Waals surface area contributed by atoms with Crippen LogP contribution in [0.4, 0.5) is 0 Å². The largest absolute Gasteiger partial charge is 0.462 e. The lowest BCUT2D eigenvalue weighted by Gasteiger charge is -2.18. The third kappa shape index (κ3) is 58.4. The molecule has 0 fully saturated rings. The van der Waals surface area contributed by atoms with E-state index in [4.69, 9.17) is 14.2 Å². The van der Waals surface area contributed by atoms with Crippen LogP contribution in [-0.2, 0) is 28.6 Å². The van der Waals surface area contributed by atoms with Gasteiger partial charge in [0.1, 0.15) is 13.2 Å². The van der Waals surface area contributed by atoms with Gasteiger partial charge in [-0.15, -0.1) is 0 Å². The molecule has 0 aliphatic heterocycles. The summed E-state index contributed by atoms with van der Waals surface area (Å²) in [4.78, 5) is 38.1. The molecule has 0 aromatic heterocycles. The Morgan fingerprint density at radius 2 is 0.554 bits per heavy atom. The lowest BCUT2D eigenvalue weighted by atomic mass is 10.1. The van der Waals surface area contributed by atoms with E-state index in [-0.39, 0.29) is 31.1 Å². The van der Waals surface area contributed by atoms with Crippen molar-refractivity contribution in [2.75, 3.05) is 13.2 Å². The smallest absolute Gasteiger partial charge is 0.306 e. The summed E-state index contributed by atoms with van der Waals surface area (Å²) in [6, 6.07) is 0. The number of carbonyl (C=O) groups is 3. The van der Waals surface area contributed by atoms with E-state index in [2.05, 4.69) is 154 Å². The van der Waals surface area contributed by atoms with Crippen LogP contribution in [0.5, 0.6) is 0 Å². The molecular weight excluding hydrogens is 913 g/mol. The number of carbonyl (C=O) groups excluding carboxylic acids is 3. The zero-order valence-electron chi connectivity index (χ0n) is 47.8. The molecule has 0 amide bonds. The van der Waals surface area contributed by atoms with E-state index in [1.807, 2.05) is 0 Å². The highest BCUT2D eigenvalue weighted by molar-refractivity contribution is 5.71. The molecule has 1 unspecified atom stereocenters. The Morgan fingerprint density at radius 3 is 0.892 bits per heavy atom. The highest BCUT2D eigenvalue weighted by atomic mass is 16.6. The zero-order valence-corrected chi connectivity index (χ0v) is 47.8. The van der Waals surface area contributed by atoms with Crippen molar-refractivity contribution in [3.05, 3.63) is 134 Å². The van der Waals surface area contributed by atoms with Crippen LogP contribution in [0.15, 0.2) is 134 Å². The molecule has 0 spiro atoms. The minimum atomic E-state index is -0.799. The minimum absolute atomic E-state index is 0.0959. The van der Waals surface area contributed by atoms with Crippen molar-refractivity contribution in [1.82, 2.24) is 0 Å². The molecule has 0 N–H and O–H groups in total. The molecule has 418 valence electrons. The normalized spacial score (nSPS) is 13.1. The molecule has 1 atom stereocenters. The molecule has 0 aromatic rings. The van der Waals surface area contributed by atoms with Gasteiger partial charge in [0.2, 0.25) is 0 Å². The molecule has 0 saturated heterocycles. The topological polar surface area (TPSA) is 78.9 Å². The molecule has 74 heavy (non-hydrogen) atoms. The Balaban J connectivity index is 4.30. The van der Waals surface area contributed by atoms with Gasteiger partial charge < -0.3 is 14.2 Å². The van der Waals surface area contributed by atoms with Gasteiger partial charge in [0.25, 0.3) is 0 Å². The number of ether oxygens (including phenoxy) is 3. The lowest BCUT2D eigenvalue weighted by Crippen LogP contribution is -2.30. The number of esters is 3. The summed E-state index contributed by atoms with van der Waals surface area (Å²) in [5.74, 6) is -0.938. The van der Waals surface area contributed by atoms with Gasteiger partial charge in [-0.1, -0.05) is 238 Å². The Kier molecular flexibility index (Phi) is 57.4. The van der Waals surface area contributed by atoms with Gasteiger partial charge in [-0.05, 0) is 135 Å². The van der Waals surface area contributed by atoms with Gasteiger partial charge in [0.15, 0.2) is 6.10 Å². The highest BCUT2D eigenvalue weighted by Gasteiger charge is 2.19. The van der Waals surface area contributed by atoms with Gasteiger partial charge in [0, 0.05) is 19.3 Å². The van der Waals surface area contributed by atoms with Crippen LogP contribution >= 0.6 is 0 Å². The molecular formula is C68H110O6. The first-order valence-corrected chi connectivity index (χ1v) is 30.2. The van der Waals surface area contributed by atoms with Crippen LogP contribution in [0.3, 0.4) is 0 Å². The minimum Gasteiger partial charge on any atom is -0.462 e. The first-order valence-electron chi connectivity index (χ1n) is 30.2. The summed E-state index contributed by atoms with van der Waals surface area (Å²) in [5, 5.41) is 0. The molecule has 6 nitrogen and oxygen atoms in total. The highest BCUT2D eigenvalue weighted by Crippen LogP contribution is 2.14. The summed E-state index contributed by atoms with van der Waals surface area (Å²) >= 11 is 0. The first kappa shape index (κ1) is 69.5. The van der Waals surface area contributed by atoms with Crippen LogP contribution in [0.25, 0.3) is 0 Å². The fraction of sp³-hybridized carbons (Fsp3) is 0.632. The Hall–Kier alpha value is -4.45. The van der Waals surface area contributed by atoms with Crippen molar-refractivity contribution in [2.24, 2.45) is 0 Å². The van der Waals surface area contributed by atoms with Crippen molar-refractivity contribution in [3.63, 3.8) is 0 Å². The molecule has 0 aliphatic rings. The predicted octanol–water partition coefficient (Wildman–Crippen LogP) is 20.6. The molecule has 0 bridgehead atoms. The molecule has 0 heterocycles. The summed E-state index contributed by atoms with van der Waals surface area (Å²) < 4.78 is 16.8. The molecule has 0 aliphatic carbocycles. The lowest BCUT2D eigenvalue weighted by molar-refractivity contribution is -0.167. The second-order valence-electron chi connectivity index (χ2n) is 19.5. The first-order chi connectivity index (χ1) is 36.5. The van der Waals surface area contributed by atoms with E-state index < -0.39 is 6.10 Å². The Morgan fingerprint density at radius 1 is 0.284 bits per heavy atom. The summed E-state index contributed by atoms with van der Waals surface area (Å²) in [6.07, 6.45) is 85.9. The Labute approximate surface area is 455 Å². The molecule has 6 heteroatoms. The van der Waals surface area contributed by atoms with Crippen molar-refractivity contribution in [1.29, 1.82) is 0 Å². The second kappa shape index (κ2) is 61.1. The third-order valence-electron chi connectivity index (χ3n) is 12.3. The van der Waals surface area contributed by atoms with Crippen molar-refractivity contribution < 1.29 is 28.6 Å². The van der Waals surface area contributed by atoms with E-state index in [9.17, 15) is 14.4 Å². The summed E-state index contributed by atoms with van der Waals surface area (Å²) in [7, 11) is 0. The number of unbranched alkanes of at least 4 members (excludes halogenated alkanes) is 20. The standard InChI is InChI=1S/C68H110O6/c1-4-7-10-13-16-19-22-25-26-27-28-29-30-31-32-33-34-35-36-37-38-39-40-41-42-44-46-49-52-55-58-61-67(70)73-64-65(63-72-66(69)60-57-54-51-48-45-24-21-18-15-12-9-6-3)74-68(71)62-59-56-53-50-47-43-23-20-17-14-11-8-5-2/h7,10-11,14,16,18-21,23,25-26,28-29,31-32,34-35,37-38,40-41,65H,4-6,8-9,12-13,15,17,22,24,27,30,33,36,39,42-64H2,1-3H3/b10-7-,14-11-,19-16-,21-18-,23-20-,26-25-,29-28-,32-31-,35-34-,38-37-,41-40-. The van der Waals surface area contributed by atoms with E-state index in [0.29, 0.717) is 19.3 Å². The number of hydrogen-bond acceptors (Lipinski definition) is 6. The quantitative estimate of drug-likeness (QED) is 0.0261. The predicted molar refractivity (Wildman–Crippen MR) is 320 cm³/mol. The number of allylic oxidation sites excluding steroid dienone is 22. The van der Waals surface area contributed by atoms with E-state index in [0.717, 1.165) is 167 Å². The van der Waals surface area contributed by atoms with E-state index in [1.54, 1.807) is 0 Å². The van der Waals surface area contributed by atoms with Crippen molar-refractivity contribution >= 4 is 17.9 Å². The van der Waals surface area contributed by atoms with Crippen molar-refractivity contribution in [2.45, 2.75) is 264 Å². The maximum Gasteiger partial charge on any atom is 0.306 e. The third-order valence-corrected chi connectivity index (χ3v) is 12.3. The van der Waals surface area contributed by atoms with Crippen LogP contribution < -0.4 is 0 Å². The molecule has 0 saturated carbocycles. The van der Waals surface area contributed by atoms with Gasteiger partial charge in [-0.2, -0.15) is 0 Å². The van der Waals surface area contributed by atoms with Crippen molar-refractivity contribution in [3.8, 4) is 0 Å². The molecule has 0 aromatic carbocycles. The Bertz CT molecular complexity index is 1600. The maximum absolute atomic E-state index is 12.8. The summed E-state index contributed by atoms with van der Waals surface area (Å²) in [6.45, 7) is 6.40. The van der Waals surface area contributed by atoms with Gasteiger partial charge in [-0.25, -0.2) is 0 Å². The average molecular weight is 1020 g/mol. The fourth-order valence-electron chi connectivity index (χ4n) is 7.84. The number of hydrogen-bond donors (Lipinski definition) is 0. The monoisotopic (exact) mass is 1020 g/mol. The molecule has 0 radical (unpaired) electrons. The fourth-order valence-corrected chi connectivity index (χ4v) is 7.84. The van der Waals surface area contributed by atoms with Gasteiger partial charge in [0.05, 0.1) is 0 Å². The van der Waals surface area contributed by atoms with Gasteiger partial charge in [-0.3, -0.25) is 14.4 Å². The SMILES string of the molecule is CC/C=C\C/C=C\C/C=C\C/C=C\C/C=C\C/C=C\C/C=C\C/C=C\CCCCCCCCC(=O)OCC(COC(=O)CCCCCCC/C=C\CCCCC)OC(=O)CCCCCCC/C=C\C/C=C\CCC. The second-order valence-corrected chi connectivity index (χ2v) is 19.5. The van der Waals surface area contributed by atoms with Crippen LogP contribution in [0.2, 0.25) is 0 Å². The summed E-state index contributed by atoms with van der Waals surface area (Å²) in [5.41, 5.74) is 0. The average Bonchev–Trinajstić information content (AvgIpc) is 3.40.